The second kappa shape index (κ2) is 6.37. The van der Waals surface area contributed by atoms with E-state index in [4.69, 9.17) is 4.99 Å². The van der Waals surface area contributed by atoms with Crippen molar-refractivity contribution in [2.75, 3.05) is 26.2 Å². The number of hydrogen-bond donors (Lipinski definition) is 2. The number of benzene rings is 1. The average Bonchev–Trinajstić information content (AvgIpc) is 3.47. The van der Waals surface area contributed by atoms with E-state index in [-0.39, 0.29) is 11.9 Å². The van der Waals surface area contributed by atoms with Gasteiger partial charge in [0.2, 0.25) is 0 Å². The molecule has 1 amide bonds. The van der Waals surface area contributed by atoms with E-state index in [1.165, 1.54) is 0 Å². The molecule has 0 saturated carbocycles. The summed E-state index contributed by atoms with van der Waals surface area (Å²) in [6.07, 6.45) is 12.2. The highest BCUT2D eigenvalue weighted by Crippen LogP contribution is 2.35. The van der Waals surface area contributed by atoms with E-state index >= 15 is 0 Å². The highest BCUT2D eigenvalue weighted by Gasteiger charge is 2.43. The number of allylic oxidation sites excluding steroid dienone is 2. The lowest BCUT2D eigenvalue weighted by Crippen LogP contribution is -2.38. The van der Waals surface area contributed by atoms with Crippen LogP contribution in [-0.2, 0) is 0 Å². The summed E-state index contributed by atoms with van der Waals surface area (Å²) in [6.45, 7) is 3.55. The van der Waals surface area contributed by atoms with Gasteiger partial charge in [-0.3, -0.25) is 4.79 Å². The van der Waals surface area contributed by atoms with Crippen LogP contribution in [0.15, 0.2) is 71.8 Å². The minimum atomic E-state index is 0.139. The van der Waals surface area contributed by atoms with Crippen molar-refractivity contribution < 1.29 is 4.79 Å². The Morgan fingerprint density at radius 2 is 1.93 bits per heavy atom. The van der Waals surface area contributed by atoms with Gasteiger partial charge in [0.15, 0.2) is 0 Å². The zero-order chi connectivity index (χ0) is 19.4. The van der Waals surface area contributed by atoms with Crippen molar-refractivity contribution in [2.24, 2.45) is 16.8 Å². The fourth-order valence-electron chi connectivity index (χ4n) is 5.05. The van der Waals surface area contributed by atoms with Crippen LogP contribution in [0.3, 0.4) is 0 Å². The van der Waals surface area contributed by atoms with Gasteiger partial charge in [0.1, 0.15) is 5.82 Å². The number of carbonyl (C=O) groups is 1. The topological polar surface area (TPSA) is 63.7 Å². The molecule has 0 spiro atoms. The van der Waals surface area contributed by atoms with E-state index in [1.807, 2.05) is 47.6 Å². The van der Waals surface area contributed by atoms with Crippen molar-refractivity contribution >= 4 is 22.5 Å². The molecule has 1 aromatic heterocycles. The molecule has 2 saturated heterocycles. The third-order valence-electron chi connectivity index (χ3n) is 6.55. The predicted octanol–water partition coefficient (Wildman–Crippen LogP) is 2.51. The van der Waals surface area contributed by atoms with Gasteiger partial charge in [-0.1, -0.05) is 30.4 Å². The number of aliphatic imine (C=N–C) groups is 1. The number of likely N-dealkylation sites (tertiary alicyclic amines) is 2. The van der Waals surface area contributed by atoms with Gasteiger partial charge in [0.25, 0.3) is 5.91 Å². The Hall–Kier alpha value is -3.28. The van der Waals surface area contributed by atoms with Crippen LogP contribution in [0.2, 0.25) is 0 Å². The molecule has 1 aliphatic carbocycles. The third-order valence-corrected chi connectivity index (χ3v) is 6.55. The molecule has 146 valence electrons. The summed E-state index contributed by atoms with van der Waals surface area (Å²) in [5.74, 6) is 2.16. The number of carbonyl (C=O) groups excluding carboxylic acids is 1. The normalized spacial score (nSPS) is 27.5. The van der Waals surface area contributed by atoms with Gasteiger partial charge in [0, 0.05) is 55.8 Å². The highest BCUT2D eigenvalue weighted by molar-refractivity contribution is 6.06. The number of aromatic nitrogens is 1. The number of para-hydroxylation sites is 1. The summed E-state index contributed by atoms with van der Waals surface area (Å²) in [5.41, 5.74) is 2.78. The molecule has 29 heavy (non-hydrogen) atoms. The molecule has 2 N–H and O–H groups in total. The van der Waals surface area contributed by atoms with Crippen molar-refractivity contribution in [1.29, 1.82) is 0 Å². The van der Waals surface area contributed by atoms with Crippen molar-refractivity contribution in [2.45, 2.75) is 6.04 Å². The van der Waals surface area contributed by atoms with E-state index in [0.717, 1.165) is 54.2 Å². The van der Waals surface area contributed by atoms with Gasteiger partial charge in [-0.25, -0.2) is 4.99 Å². The molecule has 0 radical (unpaired) electrons. The number of rotatable bonds is 2. The monoisotopic (exact) mass is 385 g/mol. The van der Waals surface area contributed by atoms with Crippen molar-refractivity contribution in [1.82, 2.24) is 20.1 Å². The van der Waals surface area contributed by atoms with Crippen molar-refractivity contribution in [3.8, 4) is 0 Å². The SMILES string of the molecule is O=C(c1cccc2cc[nH]c12)N1CC2CN(C3=CNC4C=CC=CC4=N3)CC2C1. The second-order valence-corrected chi connectivity index (χ2v) is 8.31. The number of nitrogens with zero attached hydrogens (tertiary/aromatic N) is 3. The average molecular weight is 385 g/mol. The minimum Gasteiger partial charge on any atom is -0.376 e. The van der Waals surface area contributed by atoms with Gasteiger partial charge < -0.3 is 20.1 Å². The molecule has 6 nitrogen and oxygen atoms in total. The molecule has 2 fully saturated rings. The lowest BCUT2D eigenvalue weighted by molar-refractivity contribution is 0.0778. The molecular weight excluding hydrogens is 362 g/mol. The largest absolute Gasteiger partial charge is 0.376 e. The number of aromatic amines is 1. The smallest absolute Gasteiger partial charge is 0.256 e. The number of fused-ring (bicyclic) bond motifs is 3. The van der Waals surface area contributed by atoms with Crippen LogP contribution in [-0.4, -0.2) is 58.6 Å². The molecule has 6 rings (SSSR count). The number of hydrogen-bond acceptors (Lipinski definition) is 4. The molecule has 3 atom stereocenters. The first-order valence-corrected chi connectivity index (χ1v) is 10.3. The molecule has 2 aromatic rings. The maximum atomic E-state index is 13.2. The zero-order valence-corrected chi connectivity index (χ0v) is 16.1. The minimum absolute atomic E-state index is 0.139. The Labute approximate surface area is 169 Å². The standard InChI is InChI=1S/C23H23N5O/c29-23(18-5-3-4-15-8-9-24-22(15)18)28-13-16-11-27(12-17(16)14-28)21-10-25-19-6-1-2-7-20(19)26-21/h1-10,16-17,19,24-25H,11-14H2. The van der Waals surface area contributed by atoms with Crippen molar-refractivity contribution in [3.63, 3.8) is 0 Å². The van der Waals surface area contributed by atoms with E-state index < -0.39 is 0 Å². The molecular formula is C23H23N5O. The van der Waals surface area contributed by atoms with Crippen LogP contribution >= 0.6 is 0 Å². The highest BCUT2D eigenvalue weighted by atomic mass is 16.2. The summed E-state index contributed by atoms with van der Waals surface area (Å²) in [6, 6.07) is 8.13. The first-order valence-electron chi connectivity index (χ1n) is 10.3. The van der Waals surface area contributed by atoms with Crippen LogP contribution in [0.5, 0.6) is 0 Å². The summed E-state index contributed by atoms with van der Waals surface area (Å²) in [5, 5.41) is 4.52. The molecule has 4 aliphatic rings. The lowest BCUT2D eigenvalue weighted by atomic mass is 10.0. The Bertz CT molecular complexity index is 1090. The van der Waals surface area contributed by atoms with Crippen LogP contribution in [0.25, 0.3) is 10.9 Å². The Morgan fingerprint density at radius 1 is 1.07 bits per heavy atom. The summed E-state index contributed by atoms with van der Waals surface area (Å²) in [7, 11) is 0. The molecule has 6 heteroatoms. The van der Waals surface area contributed by atoms with Gasteiger partial charge in [-0.2, -0.15) is 0 Å². The summed E-state index contributed by atoms with van der Waals surface area (Å²) < 4.78 is 0. The Balaban J connectivity index is 1.16. The van der Waals surface area contributed by atoms with Gasteiger partial charge in [-0.05, 0) is 18.2 Å². The van der Waals surface area contributed by atoms with Crippen LogP contribution in [0.4, 0.5) is 0 Å². The number of nitrogens with one attached hydrogen (secondary N) is 2. The van der Waals surface area contributed by atoms with E-state index in [1.54, 1.807) is 0 Å². The third kappa shape index (κ3) is 2.70. The lowest BCUT2D eigenvalue weighted by Gasteiger charge is -2.28. The number of H-pyrrole nitrogens is 1. The maximum Gasteiger partial charge on any atom is 0.256 e. The van der Waals surface area contributed by atoms with Gasteiger partial charge in [0.05, 0.1) is 22.8 Å². The second-order valence-electron chi connectivity index (χ2n) is 8.31. The van der Waals surface area contributed by atoms with Gasteiger partial charge >= 0.3 is 0 Å². The van der Waals surface area contributed by atoms with Crippen LogP contribution < -0.4 is 5.32 Å². The molecule has 0 bridgehead atoms. The molecule has 3 aliphatic heterocycles. The first-order chi connectivity index (χ1) is 14.3. The first kappa shape index (κ1) is 16.7. The van der Waals surface area contributed by atoms with Crippen molar-refractivity contribution in [3.05, 3.63) is 72.4 Å². The quantitative estimate of drug-likeness (QED) is 0.835. The van der Waals surface area contributed by atoms with Gasteiger partial charge in [-0.15, -0.1) is 0 Å². The summed E-state index contributed by atoms with van der Waals surface area (Å²) in [4.78, 5) is 25.6. The number of amides is 1. The van der Waals surface area contributed by atoms with Crippen LogP contribution in [0, 0.1) is 11.8 Å². The molecule has 4 heterocycles. The zero-order valence-electron chi connectivity index (χ0n) is 16.1. The maximum absolute atomic E-state index is 13.2. The van der Waals surface area contributed by atoms with Crippen LogP contribution in [0.1, 0.15) is 10.4 Å². The van der Waals surface area contributed by atoms with E-state index in [0.29, 0.717) is 11.8 Å². The predicted molar refractivity (Wildman–Crippen MR) is 113 cm³/mol. The van der Waals surface area contributed by atoms with E-state index in [9.17, 15) is 4.79 Å². The fourth-order valence-corrected chi connectivity index (χ4v) is 5.05. The van der Waals surface area contributed by atoms with E-state index in [2.05, 4.69) is 33.4 Å². The summed E-state index contributed by atoms with van der Waals surface area (Å²) >= 11 is 0. The Kier molecular flexibility index (Phi) is 3.66. The fraction of sp³-hybridized carbons (Fsp3) is 0.304. The molecule has 1 aromatic carbocycles. The molecule has 3 unspecified atom stereocenters. The Morgan fingerprint density at radius 3 is 2.79 bits per heavy atom.